The summed E-state index contributed by atoms with van der Waals surface area (Å²) in [6.07, 6.45) is 25.5. The third-order valence-corrected chi connectivity index (χ3v) is 5.48. The average molecular weight is 451 g/mol. The minimum Gasteiger partial charge on any atom is -0.550 e. The van der Waals surface area contributed by atoms with Gasteiger partial charge in [-0.3, -0.25) is 4.79 Å². The summed E-state index contributed by atoms with van der Waals surface area (Å²) < 4.78 is 0. The van der Waals surface area contributed by atoms with Crippen LogP contribution in [0.4, 0.5) is 0 Å². The van der Waals surface area contributed by atoms with Gasteiger partial charge in [0.2, 0.25) is 0 Å². The summed E-state index contributed by atoms with van der Waals surface area (Å²) in [5.74, 6) is -1.57. The summed E-state index contributed by atoms with van der Waals surface area (Å²) in [4.78, 5) is 20.4. The van der Waals surface area contributed by atoms with E-state index in [1.54, 1.807) is 0 Å². The van der Waals surface area contributed by atoms with Crippen LogP contribution in [0.25, 0.3) is 0 Å². The van der Waals surface area contributed by atoms with Crippen LogP contribution in [0.5, 0.6) is 0 Å². The Bertz CT molecular complexity index is 361. The zero-order valence-electron chi connectivity index (χ0n) is 21.2. The summed E-state index contributed by atoms with van der Waals surface area (Å²) in [6.45, 7) is 4.47. The Morgan fingerprint density at radius 1 is 0.516 bits per heavy atom. The molecule has 0 bridgehead atoms. The zero-order chi connectivity index (χ0) is 22.7. The molecule has 180 valence electrons. The Hall–Kier alpha value is -0.0600. The quantitative estimate of drug-likeness (QED) is 0.195. The predicted molar refractivity (Wildman–Crippen MR) is 126 cm³/mol. The molecule has 0 aromatic rings. The molecule has 0 rings (SSSR count). The molecule has 0 heterocycles. The van der Waals surface area contributed by atoms with Crippen LogP contribution in [0, 0.1) is 0 Å². The van der Waals surface area contributed by atoms with E-state index < -0.39 is 11.9 Å². The summed E-state index contributed by atoms with van der Waals surface area (Å²) in [5, 5.41) is 18.6. The van der Waals surface area contributed by atoms with Crippen molar-refractivity contribution < 1.29 is 49.4 Å². The van der Waals surface area contributed by atoms with Crippen LogP contribution < -0.4 is 34.7 Å². The first kappa shape index (κ1) is 35.5. The molecule has 0 aromatic heterocycles. The zero-order valence-corrected chi connectivity index (χ0v) is 23.2. The second-order valence-corrected chi connectivity index (χ2v) is 8.63. The summed E-state index contributed by atoms with van der Waals surface area (Å²) in [6, 6.07) is 0. The number of carbonyl (C=O) groups is 2. The number of unbranched alkanes of at least 4 members (excludes halogenated alkanes) is 18. The minimum atomic E-state index is -0.909. The molecule has 0 aromatic carbocycles. The van der Waals surface area contributed by atoms with Gasteiger partial charge in [-0.2, -0.15) is 0 Å². The van der Waals surface area contributed by atoms with E-state index in [0.29, 0.717) is 6.42 Å². The normalized spacial score (nSPS) is 10.1. The van der Waals surface area contributed by atoms with Gasteiger partial charge in [-0.1, -0.05) is 129 Å². The Kier molecular flexibility index (Phi) is 36.8. The van der Waals surface area contributed by atoms with Crippen LogP contribution in [0.3, 0.4) is 0 Å². The van der Waals surface area contributed by atoms with Gasteiger partial charge in [0, 0.05) is 12.4 Å². The van der Waals surface area contributed by atoms with E-state index in [2.05, 4.69) is 13.8 Å². The molecular weight excluding hydrogens is 399 g/mol. The van der Waals surface area contributed by atoms with Gasteiger partial charge in [0.1, 0.15) is 0 Å². The first-order chi connectivity index (χ1) is 14.5. The SMILES string of the molecule is CCCCCCCCCCCC(=O)[O-].CCCCCCCCCCCCCC(=O)O.[Na+]. The second kappa shape index (κ2) is 32.1. The third-order valence-electron chi connectivity index (χ3n) is 5.48. The van der Waals surface area contributed by atoms with Gasteiger partial charge < -0.3 is 15.0 Å². The number of hydrogen-bond acceptors (Lipinski definition) is 3. The standard InChI is InChI=1S/C14H28O2.C12H24O2.Na/c1-2-3-4-5-6-7-8-9-10-11-12-13-14(15)16;1-2-3-4-5-6-7-8-9-10-11-12(13)14;/h2-13H2,1H3,(H,15,16);2-11H2,1H3,(H,13,14);/q;;+1/p-1. The average Bonchev–Trinajstić information content (AvgIpc) is 2.71. The van der Waals surface area contributed by atoms with E-state index in [4.69, 9.17) is 5.11 Å². The molecular formula is C26H51NaO4. The maximum absolute atomic E-state index is 10.3. The first-order valence-electron chi connectivity index (χ1n) is 13.0. The number of carboxylic acids is 2. The van der Waals surface area contributed by atoms with Crippen molar-refractivity contribution >= 4 is 11.9 Å². The summed E-state index contributed by atoms with van der Waals surface area (Å²) in [5.41, 5.74) is 0. The topological polar surface area (TPSA) is 77.4 Å². The Morgan fingerprint density at radius 2 is 0.774 bits per heavy atom. The molecule has 0 atom stereocenters. The smallest absolute Gasteiger partial charge is 0.550 e. The Morgan fingerprint density at radius 3 is 1.03 bits per heavy atom. The van der Waals surface area contributed by atoms with Crippen molar-refractivity contribution in [3.8, 4) is 0 Å². The molecule has 0 unspecified atom stereocenters. The van der Waals surface area contributed by atoms with Crippen LogP contribution in [0.15, 0.2) is 0 Å². The number of aliphatic carboxylic acids is 2. The van der Waals surface area contributed by atoms with Crippen LogP contribution in [-0.4, -0.2) is 17.0 Å². The number of carbonyl (C=O) groups excluding carboxylic acids is 1. The molecule has 0 radical (unpaired) electrons. The van der Waals surface area contributed by atoms with Crippen LogP contribution >= 0.6 is 0 Å². The van der Waals surface area contributed by atoms with Crippen LogP contribution in [0.2, 0.25) is 0 Å². The van der Waals surface area contributed by atoms with Crippen molar-refractivity contribution in [1.29, 1.82) is 0 Å². The van der Waals surface area contributed by atoms with Crippen molar-refractivity contribution in [3.05, 3.63) is 0 Å². The molecule has 0 spiro atoms. The molecule has 0 aliphatic rings. The van der Waals surface area contributed by atoms with E-state index in [1.165, 1.54) is 103 Å². The molecule has 0 aliphatic carbocycles. The molecule has 1 N–H and O–H groups in total. The number of rotatable bonds is 22. The van der Waals surface area contributed by atoms with Gasteiger partial charge >= 0.3 is 35.5 Å². The molecule has 0 amide bonds. The maximum Gasteiger partial charge on any atom is 1.00 e. The van der Waals surface area contributed by atoms with E-state index in [-0.39, 0.29) is 36.0 Å². The van der Waals surface area contributed by atoms with Crippen molar-refractivity contribution in [2.24, 2.45) is 0 Å². The van der Waals surface area contributed by atoms with Crippen molar-refractivity contribution in [2.75, 3.05) is 0 Å². The maximum atomic E-state index is 10.3. The third kappa shape index (κ3) is 40.8. The van der Waals surface area contributed by atoms with Gasteiger partial charge in [0.25, 0.3) is 0 Å². The molecule has 0 aliphatic heterocycles. The number of hydrogen-bond donors (Lipinski definition) is 1. The Labute approximate surface area is 215 Å². The van der Waals surface area contributed by atoms with E-state index in [9.17, 15) is 14.7 Å². The molecule has 31 heavy (non-hydrogen) atoms. The van der Waals surface area contributed by atoms with Gasteiger partial charge in [-0.25, -0.2) is 0 Å². The monoisotopic (exact) mass is 450 g/mol. The van der Waals surface area contributed by atoms with E-state index >= 15 is 0 Å². The molecule has 0 saturated carbocycles. The van der Waals surface area contributed by atoms with Crippen molar-refractivity contribution in [1.82, 2.24) is 0 Å². The molecule has 4 nitrogen and oxygen atoms in total. The fourth-order valence-corrected chi connectivity index (χ4v) is 3.52. The van der Waals surface area contributed by atoms with Crippen LogP contribution in [0.1, 0.15) is 155 Å². The second-order valence-electron chi connectivity index (χ2n) is 8.63. The van der Waals surface area contributed by atoms with Gasteiger partial charge in [0.05, 0.1) is 0 Å². The Balaban J connectivity index is -0.000000494. The fourth-order valence-electron chi connectivity index (χ4n) is 3.52. The van der Waals surface area contributed by atoms with Crippen LogP contribution in [-0.2, 0) is 9.59 Å². The van der Waals surface area contributed by atoms with Gasteiger partial charge in [-0.05, 0) is 19.3 Å². The van der Waals surface area contributed by atoms with Crippen molar-refractivity contribution in [2.45, 2.75) is 155 Å². The molecule has 0 fully saturated rings. The molecule has 0 saturated heterocycles. The molecule has 5 heteroatoms. The van der Waals surface area contributed by atoms with Gasteiger partial charge in [0.15, 0.2) is 0 Å². The number of carboxylic acid groups (broad SMARTS) is 2. The predicted octanol–water partition coefficient (Wildman–Crippen LogP) is 4.43. The van der Waals surface area contributed by atoms with Crippen molar-refractivity contribution in [3.63, 3.8) is 0 Å². The summed E-state index contributed by atoms with van der Waals surface area (Å²) >= 11 is 0. The fraction of sp³-hybridized carbons (Fsp3) is 0.923. The summed E-state index contributed by atoms with van der Waals surface area (Å²) in [7, 11) is 0. The van der Waals surface area contributed by atoms with Gasteiger partial charge in [-0.15, -0.1) is 0 Å². The van der Waals surface area contributed by atoms with E-state index in [1.807, 2.05) is 0 Å². The minimum absolute atomic E-state index is 0. The first-order valence-corrected chi connectivity index (χ1v) is 13.0. The van der Waals surface area contributed by atoms with E-state index in [0.717, 1.165) is 25.7 Å². The largest absolute Gasteiger partial charge is 1.00 e.